The molecule has 1 saturated heterocycles. The van der Waals surface area contributed by atoms with E-state index in [9.17, 15) is 14.0 Å². The summed E-state index contributed by atoms with van der Waals surface area (Å²) in [6.07, 6.45) is 5.06. The normalized spacial score (nSPS) is 21.3. The fourth-order valence-electron chi connectivity index (χ4n) is 3.62. The molecule has 1 aromatic carbocycles. The summed E-state index contributed by atoms with van der Waals surface area (Å²) in [6, 6.07) is 5.03. The molecular formula is C19H25FN2O3. The van der Waals surface area contributed by atoms with Gasteiger partial charge >= 0.3 is 6.09 Å². The smallest absolute Gasteiger partial charge is 0.414 e. The Kier molecular flexibility index (Phi) is 5.56. The van der Waals surface area contributed by atoms with Crippen molar-refractivity contribution >= 4 is 17.7 Å². The van der Waals surface area contributed by atoms with Crippen LogP contribution in [0, 0.1) is 5.82 Å². The first-order valence-corrected chi connectivity index (χ1v) is 9.12. The third-order valence-electron chi connectivity index (χ3n) is 5.06. The first-order chi connectivity index (χ1) is 12.1. The molecule has 1 N–H and O–H groups in total. The Bertz CT molecular complexity index is 644. The van der Waals surface area contributed by atoms with Crippen LogP contribution in [0.2, 0.25) is 0 Å². The Morgan fingerprint density at radius 3 is 2.76 bits per heavy atom. The fraction of sp³-hybridized carbons (Fsp3) is 0.579. The molecule has 1 aromatic rings. The predicted octanol–water partition coefficient (Wildman–Crippen LogP) is 3.72. The summed E-state index contributed by atoms with van der Waals surface area (Å²) in [4.78, 5) is 24.8. The van der Waals surface area contributed by atoms with E-state index in [0.29, 0.717) is 18.7 Å². The van der Waals surface area contributed by atoms with Crippen LogP contribution in [0.25, 0.3) is 0 Å². The number of amides is 2. The van der Waals surface area contributed by atoms with E-state index in [2.05, 4.69) is 5.32 Å². The number of anilines is 1. The first-order valence-electron chi connectivity index (χ1n) is 9.12. The molecule has 2 fully saturated rings. The van der Waals surface area contributed by atoms with E-state index in [-0.39, 0.29) is 24.2 Å². The van der Waals surface area contributed by atoms with E-state index in [0.717, 1.165) is 31.2 Å². The standard InChI is InChI=1S/C19H25FN2O3/c1-2-18(23)21-11-15-12-22(19(24)25-15)14-8-9-16(17(20)10-14)13-6-4-3-5-7-13/h8-10,13,15H,2-7,11-12H2,1H3,(H,21,23)/t15-/m0/s1. The average Bonchev–Trinajstić information content (AvgIpc) is 3.01. The van der Waals surface area contributed by atoms with Gasteiger partial charge in [0.15, 0.2) is 0 Å². The summed E-state index contributed by atoms with van der Waals surface area (Å²) in [5, 5.41) is 2.71. The number of nitrogens with zero attached hydrogens (tertiary/aromatic N) is 1. The van der Waals surface area contributed by atoms with Gasteiger partial charge in [-0.1, -0.05) is 32.3 Å². The van der Waals surface area contributed by atoms with Gasteiger partial charge in [0.1, 0.15) is 11.9 Å². The summed E-state index contributed by atoms with van der Waals surface area (Å²) in [5.74, 6) is -0.0531. The quantitative estimate of drug-likeness (QED) is 0.882. The number of halogens is 1. The average molecular weight is 348 g/mol. The molecule has 0 bridgehead atoms. The zero-order valence-electron chi connectivity index (χ0n) is 14.6. The van der Waals surface area contributed by atoms with Crippen molar-refractivity contribution in [1.29, 1.82) is 0 Å². The minimum Gasteiger partial charge on any atom is -0.442 e. The first kappa shape index (κ1) is 17.7. The van der Waals surface area contributed by atoms with Crippen LogP contribution in [0.1, 0.15) is 56.9 Å². The lowest BCUT2D eigenvalue weighted by molar-refractivity contribution is -0.121. The number of rotatable bonds is 5. The molecule has 0 aromatic heterocycles. The van der Waals surface area contributed by atoms with Crippen molar-refractivity contribution < 1.29 is 18.7 Å². The number of nitrogens with one attached hydrogen (secondary N) is 1. The van der Waals surface area contributed by atoms with Crippen molar-refractivity contribution in [3.63, 3.8) is 0 Å². The highest BCUT2D eigenvalue weighted by Crippen LogP contribution is 2.35. The molecular weight excluding hydrogens is 323 g/mol. The molecule has 6 heteroatoms. The summed E-state index contributed by atoms with van der Waals surface area (Å²) >= 11 is 0. The zero-order chi connectivity index (χ0) is 17.8. The van der Waals surface area contributed by atoms with Crippen molar-refractivity contribution in [3.8, 4) is 0 Å². The summed E-state index contributed by atoms with van der Waals surface area (Å²) < 4.78 is 19.8. The maximum atomic E-state index is 14.6. The number of hydrogen-bond acceptors (Lipinski definition) is 3. The molecule has 136 valence electrons. The van der Waals surface area contributed by atoms with Crippen LogP contribution in [0.4, 0.5) is 14.9 Å². The SMILES string of the molecule is CCC(=O)NC[C@H]1CN(c2ccc(C3CCCCC3)c(F)c2)C(=O)O1. The molecule has 1 aliphatic heterocycles. The minimum absolute atomic E-state index is 0.0858. The second-order valence-electron chi connectivity index (χ2n) is 6.81. The number of ether oxygens (including phenoxy) is 1. The van der Waals surface area contributed by atoms with Crippen molar-refractivity contribution in [1.82, 2.24) is 5.32 Å². The molecule has 2 amide bonds. The largest absolute Gasteiger partial charge is 0.442 e. The lowest BCUT2D eigenvalue weighted by Crippen LogP contribution is -2.34. The maximum absolute atomic E-state index is 14.6. The van der Waals surface area contributed by atoms with Gasteiger partial charge in [-0.25, -0.2) is 9.18 Å². The van der Waals surface area contributed by atoms with E-state index in [1.165, 1.54) is 17.4 Å². The van der Waals surface area contributed by atoms with E-state index < -0.39 is 12.2 Å². The summed E-state index contributed by atoms with van der Waals surface area (Å²) in [6.45, 7) is 2.35. The van der Waals surface area contributed by atoms with Crippen molar-refractivity contribution in [2.45, 2.75) is 57.5 Å². The molecule has 1 heterocycles. The third-order valence-corrected chi connectivity index (χ3v) is 5.06. The van der Waals surface area contributed by atoms with Gasteiger partial charge in [0.25, 0.3) is 0 Å². The third kappa shape index (κ3) is 4.11. The van der Waals surface area contributed by atoms with Crippen molar-refractivity contribution in [2.24, 2.45) is 0 Å². The number of carbonyl (C=O) groups excluding carboxylic acids is 2. The van der Waals surface area contributed by atoms with Gasteiger partial charge in [-0.15, -0.1) is 0 Å². The maximum Gasteiger partial charge on any atom is 0.414 e. The second kappa shape index (κ2) is 7.85. The molecule has 0 spiro atoms. The predicted molar refractivity (Wildman–Crippen MR) is 93.1 cm³/mol. The number of carbonyl (C=O) groups is 2. The molecule has 3 rings (SSSR count). The zero-order valence-corrected chi connectivity index (χ0v) is 14.6. The fourth-order valence-corrected chi connectivity index (χ4v) is 3.62. The number of benzene rings is 1. The Morgan fingerprint density at radius 2 is 2.08 bits per heavy atom. The van der Waals surface area contributed by atoms with Gasteiger partial charge in [-0.2, -0.15) is 0 Å². The number of cyclic esters (lactones) is 1. The Balaban J connectivity index is 1.66. The topological polar surface area (TPSA) is 58.6 Å². The van der Waals surface area contributed by atoms with Gasteiger partial charge in [-0.05, 0) is 36.5 Å². The van der Waals surface area contributed by atoms with E-state index in [1.807, 2.05) is 0 Å². The van der Waals surface area contributed by atoms with Gasteiger partial charge < -0.3 is 10.1 Å². The van der Waals surface area contributed by atoms with E-state index >= 15 is 0 Å². The highest BCUT2D eigenvalue weighted by atomic mass is 19.1. The monoisotopic (exact) mass is 348 g/mol. The second-order valence-corrected chi connectivity index (χ2v) is 6.81. The number of hydrogen-bond donors (Lipinski definition) is 1. The Morgan fingerprint density at radius 1 is 1.32 bits per heavy atom. The molecule has 1 saturated carbocycles. The van der Waals surface area contributed by atoms with E-state index in [1.54, 1.807) is 19.1 Å². The Labute approximate surface area is 147 Å². The molecule has 1 atom stereocenters. The summed E-state index contributed by atoms with van der Waals surface area (Å²) in [7, 11) is 0. The van der Waals surface area contributed by atoms with Crippen LogP contribution >= 0.6 is 0 Å². The Hall–Kier alpha value is -2.11. The van der Waals surface area contributed by atoms with Crippen LogP contribution in [-0.2, 0) is 9.53 Å². The molecule has 2 aliphatic rings. The molecule has 25 heavy (non-hydrogen) atoms. The van der Waals surface area contributed by atoms with E-state index in [4.69, 9.17) is 4.74 Å². The van der Waals surface area contributed by atoms with Crippen LogP contribution in [-0.4, -0.2) is 31.2 Å². The van der Waals surface area contributed by atoms with Gasteiger partial charge in [-0.3, -0.25) is 9.69 Å². The van der Waals surface area contributed by atoms with Gasteiger partial charge in [0, 0.05) is 6.42 Å². The lowest BCUT2D eigenvalue weighted by atomic mass is 9.84. The highest BCUT2D eigenvalue weighted by Gasteiger charge is 2.33. The van der Waals surface area contributed by atoms with Crippen LogP contribution in [0.3, 0.4) is 0 Å². The molecule has 1 aliphatic carbocycles. The molecule has 5 nitrogen and oxygen atoms in total. The lowest BCUT2D eigenvalue weighted by Gasteiger charge is -2.23. The molecule has 0 radical (unpaired) electrons. The molecule has 0 unspecified atom stereocenters. The van der Waals surface area contributed by atoms with Crippen LogP contribution < -0.4 is 10.2 Å². The van der Waals surface area contributed by atoms with Crippen LogP contribution in [0.15, 0.2) is 18.2 Å². The van der Waals surface area contributed by atoms with Crippen molar-refractivity contribution in [2.75, 3.05) is 18.0 Å². The minimum atomic E-state index is -0.499. The van der Waals surface area contributed by atoms with Crippen LogP contribution in [0.5, 0.6) is 0 Å². The summed E-state index contributed by atoms with van der Waals surface area (Å²) in [5.41, 5.74) is 1.26. The highest BCUT2D eigenvalue weighted by molar-refractivity contribution is 5.89. The van der Waals surface area contributed by atoms with Gasteiger partial charge in [0.2, 0.25) is 5.91 Å². The van der Waals surface area contributed by atoms with Gasteiger partial charge in [0.05, 0.1) is 18.8 Å². The van der Waals surface area contributed by atoms with Crippen molar-refractivity contribution in [3.05, 3.63) is 29.6 Å².